The number of aliphatic hydroxyl groups is 1. The number of benzene rings is 2. The molecule has 2 aromatic carbocycles. The molecule has 0 aromatic heterocycles. The van der Waals surface area contributed by atoms with Gasteiger partial charge in [-0.3, -0.25) is 4.79 Å². The van der Waals surface area contributed by atoms with Gasteiger partial charge in [0.05, 0.1) is 61.2 Å². The molecule has 12 heteroatoms. The van der Waals surface area contributed by atoms with E-state index in [1.807, 2.05) is 12.2 Å². The minimum absolute atomic E-state index is 0.00840. The van der Waals surface area contributed by atoms with Crippen LogP contribution in [0.15, 0.2) is 105 Å². The molecule has 0 bridgehead atoms. The number of aliphatic hydroxyl groups excluding tert-OH is 1. The third kappa shape index (κ3) is 7.30. The SMILES string of the molecule is CC(=O)[C@]12CC(=CN)C(=Nc3ccc(F)cc3)C=C1CCC1(C2)OCCO1.NC=C1C[C@]2(CO)CC3(CCC2=CC1=Nc1ccc(F)cc1)OCCO3. The predicted molar refractivity (Wildman–Crippen MR) is 197 cm³/mol. The molecular formula is C41H46F2N4O6. The summed E-state index contributed by atoms with van der Waals surface area (Å²) in [6.07, 6.45) is 12.2. The van der Waals surface area contributed by atoms with Gasteiger partial charge in [0, 0.05) is 31.1 Å². The van der Waals surface area contributed by atoms with Crippen LogP contribution in [0.3, 0.4) is 0 Å². The fraction of sp³-hybridized carbons (Fsp3) is 0.439. The summed E-state index contributed by atoms with van der Waals surface area (Å²) < 4.78 is 49.8. The smallest absolute Gasteiger partial charge is 0.170 e. The molecule has 6 aliphatic rings. The highest BCUT2D eigenvalue weighted by molar-refractivity contribution is 6.13. The van der Waals surface area contributed by atoms with Gasteiger partial charge in [-0.05, 0) is 117 Å². The first-order valence-corrected chi connectivity index (χ1v) is 18.2. The number of hydrogen-bond acceptors (Lipinski definition) is 10. The average molecular weight is 729 g/mol. The van der Waals surface area contributed by atoms with E-state index in [-0.39, 0.29) is 24.0 Å². The fourth-order valence-corrected chi connectivity index (χ4v) is 8.69. The highest BCUT2D eigenvalue weighted by atomic mass is 19.1. The second kappa shape index (κ2) is 14.8. The van der Waals surface area contributed by atoms with Crippen LogP contribution in [0.2, 0.25) is 0 Å². The zero-order valence-electron chi connectivity index (χ0n) is 29.9. The third-order valence-corrected chi connectivity index (χ3v) is 11.5. The van der Waals surface area contributed by atoms with Gasteiger partial charge in [0.2, 0.25) is 0 Å². The molecule has 0 radical (unpaired) electrons. The molecule has 2 saturated carbocycles. The van der Waals surface area contributed by atoms with Crippen molar-refractivity contribution in [1.29, 1.82) is 0 Å². The van der Waals surface area contributed by atoms with Gasteiger partial charge < -0.3 is 35.5 Å². The van der Waals surface area contributed by atoms with Gasteiger partial charge in [0.15, 0.2) is 11.6 Å². The Labute approximate surface area is 307 Å². The Morgan fingerprint density at radius 3 is 1.66 bits per heavy atom. The third-order valence-electron chi connectivity index (χ3n) is 11.5. The molecule has 2 aromatic rings. The van der Waals surface area contributed by atoms with Crippen LogP contribution in [-0.4, -0.2) is 66.9 Å². The maximum Gasteiger partial charge on any atom is 0.170 e. The van der Waals surface area contributed by atoms with Crippen molar-refractivity contribution in [3.05, 3.63) is 107 Å². The minimum atomic E-state index is -0.672. The van der Waals surface area contributed by atoms with Crippen molar-refractivity contribution in [1.82, 2.24) is 0 Å². The molecule has 0 amide bonds. The number of ketones is 1. The number of Topliss-reactive ketones (excluding diaryl/α,β-unsaturated/α-hetero) is 1. The van der Waals surface area contributed by atoms with E-state index in [2.05, 4.69) is 9.98 Å². The molecule has 4 aliphatic carbocycles. The summed E-state index contributed by atoms with van der Waals surface area (Å²) in [7, 11) is 0. The lowest BCUT2D eigenvalue weighted by atomic mass is 9.60. The quantitative estimate of drug-likeness (QED) is 0.321. The number of carbonyl (C=O) groups excluding carboxylic acids is 1. The van der Waals surface area contributed by atoms with E-state index in [0.29, 0.717) is 69.9 Å². The van der Waals surface area contributed by atoms with E-state index in [9.17, 15) is 18.7 Å². The van der Waals surface area contributed by atoms with Crippen molar-refractivity contribution >= 4 is 28.6 Å². The molecule has 4 fully saturated rings. The van der Waals surface area contributed by atoms with E-state index in [0.717, 1.165) is 53.0 Å². The first kappa shape index (κ1) is 37.0. The van der Waals surface area contributed by atoms with E-state index < -0.39 is 22.4 Å². The number of allylic oxidation sites excluding steroid dienone is 5. The average Bonchev–Trinajstić information content (AvgIpc) is 3.82. The van der Waals surface area contributed by atoms with Gasteiger partial charge >= 0.3 is 0 Å². The minimum Gasteiger partial charge on any atom is -0.404 e. The van der Waals surface area contributed by atoms with E-state index >= 15 is 0 Å². The number of rotatable bonds is 4. The number of aliphatic imine (C=N–C) groups is 2. The number of halogens is 2. The van der Waals surface area contributed by atoms with Crippen LogP contribution in [-0.2, 0) is 23.7 Å². The fourth-order valence-electron chi connectivity index (χ4n) is 8.69. The molecule has 2 spiro atoms. The Bertz CT molecular complexity index is 1910. The highest BCUT2D eigenvalue weighted by Crippen LogP contribution is 2.55. The largest absolute Gasteiger partial charge is 0.404 e. The molecule has 2 saturated heterocycles. The lowest BCUT2D eigenvalue weighted by Crippen LogP contribution is -2.49. The van der Waals surface area contributed by atoms with Crippen LogP contribution >= 0.6 is 0 Å². The maximum atomic E-state index is 13.2. The number of ether oxygens (including phenoxy) is 4. The van der Waals surface area contributed by atoms with Gasteiger partial charge in [0.1, 0.15) is 17.4 Å². The maximum absolute atomic E-state index is 13.2. The number of fused-ring (bicyclic) bond motifs is 2. The van der Waals surface area contributed by atoms with Gasteiger partial charge in [-0.15, -0.1) is 0 Å². The zero-order chi connectivity index (χ0) is 37.3. The Hall–Kier alpha value is -4.33. The molecule has 10 nitrogen and oxygen atoms in total. The van der Waals surface area contributed by atoms with Gasteiger partial charge in [-0.1, -0.05) is 11.1 Å². The summed E-state index contributed by atoms with van der Waals surface area (Å²) in [5.74, 6) is -1.77. The number of carbonyl (C=O) groups is 1. The Morgan fingerprint density at radius 1 is 0.736 bits per heavy atom. The summed E-state index contributed by atoms with van der Waals surface area (Å²) in [5.41, 5.74) is 17.3. The van der Waals surface area contributed by atoms with Crippen molar-refractivity contribution < 1.29 is 37.6 Å². The summed E-state index contributed by atoms with van der Waals surface area (Å²) in [4.78, 5) is 22.0. The standard InChI is InChI=1S/C21H23FN2O3.C20H23FN2O3/c1-14(25)20-11-15(12-23)19(24-18-4-2-17(22)3-5-18)10-16(20)6-7-21(13-20)26-8-9-27-21;21-16-1-3-17(4-2-16)23-18-9-15-5-6-20(25-7-8-26-20)12-19(15,13-24)10-14(18)11-22/h2-5,10,12H,6-9,11,13,23H2,1H3;1-4,9,11,24H,5-8,10,12-13,22H2/t20-;19-/m11/s1. The molecule has 280 valence electrons. The number of nitrogens with zero attached hydrogens (tertiary/aromatic N) is 2. The number of nitrogens with two attached hydrogens (primary N) is 2. The van der Waals surface area contributed by atoms with E-state index in [1.165, 1.54) is 30.5 Å². The van der Waals surface area contributed by atoms with E-state index in [4.69, 9.17) is 30.4 Å². The molecule has 53 heavy (non-hydrogen) atoms. The first-order chi connectivity index (χ1) is 25.5. The summed E-state index contributed by atoms with van der Waals surface area (Å²) in [5, 5.41) is 10.2. The van der Waals surface area contributed by atoms with Crippen LogP contribution in [0.4, 0.5) is 20.2 Å². The number of hydrogen-bond donors (Lipinski definition) is 3. The Balaban J connectivity index is 0.000000164. The van der Waals surface area contributed by atoms with Crippen molar-refractivity contribution in [3.8, 4) is 0 Å². The normalized spacial score (nSPS) is 30.2. The van der Waals surface area contributed by atoms with Crippen molar-refractivity contribution in [2.75, 3.05) is 33.0 Å². The molecule has 8 rings (SSSR count). The van der Waals surface area contributed by atoms with Crippen LogP contribution in [0.5, 0.6) is 0 Å². The van der Waals surface area contributed by atoms with Crippen LogP contribution in [0, 0.1) is 22.5 Å². The Morgan fingerprint density at radius 2 is 1.19 bits per heavy atom. The molecule has 2 atom stereocenters. The second-order valence-electron chi connectivity index (χ2n) is 14.7. The lowest BCUT2D eigenvalue weighted by molar-refractivity contribution is -0.195. The predicted octanol–water partition coefficient (Wildman–Crippen LogP) is 6.55. The van der Waals surface area contributed by atoms with Gasteiger partial charge in [-0.25, -0.2) is 18.8 Å². The summed E-state index contributed by atoms with van der Waals surface area (Å²) in [6.45, 7) is 3.94. The van der Waals surface area contributed by atoms with Crippen molar-refractivity contribution in [3.63, 3.8) is 0 Å². The molecule has 0 unspecified atom stereocenters. The first-order valence-electron chi connectivity index (χ1n) is 18.2. The molecule has 2 aliphatic heterocycles. The highest BCUT2D eigenvalue weighted by Gasteiger charge is 2.55. The zero-order valence-corrected chi connectivity index (χ0v) is 29.9. The molecular weight excluding hydrogens is 682 g/mol. The van der Waals surface area contributed by atoms with Crippen molar-refractivity contribution in [2.24, 2.45) is 32.3 Å². The second-order valence-corrected chi connectivity index (χ2v) is 14.7. The summed E-state index contributed by atoms with van der Waals surface area (Å²) >= 11 is 0. The topological polar surface area (TPSA) is 151 Å². The van der Waals surface area contributed by atoms with Crippen LogP contribution in [0.25, 0.3) is 0 Å². The molecule has 2 heterocycles. The Kier molecular flexibility index (Phi) is 10.4. The lowest BCUT2D eigenvalue weighted by Gasteiger charge is -2.48. The van der Waals surface area contributed by atoms with Crippen molar-refractivity contribution in [2.45, 2.75) is 69.9 Å². The van der Waals surface area contributed by atoms with Crippen LogP contribution < -0.4 is 11.5 Å². The van der Waals surface area contributed by atoms with Crippen LogP contribution in [0.1, 0.15) is 58.3 Å². The summed E-state index contributed by atoms with van der Waals surface area (Å²) in [6, 6.07) is 12.0. The van der Waals surface area contributed by atoms with Gasteiger partial charge in [-0.2, -0.15) is 0 Å². The molecule has 5 N–H and O–H groups in total. The van der Waals surface area contributed by atoms with Gasteiger partial charge in [0.25, 0.3) is 0 Å². The van der Waals surface area contributed by atoms with E-state index in [1.54, 1.807) is 37.4 Å². The monoisotopic (exact) mass is 728 g/mol.